The van der Waals surface area contributed by atoms with Crippen LogP contribution in [0, 0.1) is 29.6 Å². The number of nitrogens with zero attached hydrogens (tertiary/aromatic N) is 4. The molecule has 12 nitrogen and oxygen atoms in total. The van der Waals surface area contributed by atoms with E-state index < -0.39 is 35.5 Å². The van der Waals surface area contributed by atoms with E-state index in [0.29, 0.717) is 55.7 Å². The minimum Gasteiger partial charge on any atom is -0.463 e. The predicted octanol–water partition coefficient (Wildman–Crippen LogP) is 3.49. The lowest BCUT2D eigenvalue weighted by atomic mass is 9.58. The number of anilines is 4. The molecule has 0 bridgehead atoms. The van der Waals surface area contributed by atoms with E-state index >= 15 is 0 Å². The molecule has 51 heavy (non-hydrogen) atoms. The van der Waals surface area contributed by atoms with Crippen molar-refractivity contribution in [2.75, 3.05) is 72.2 Å². The van der Waals surface area contributed by atoms with Crippen LogP contribution in [0.25, 0.3) is 0 Å². The van der Waals surface area contributed by atoms with Crippen molar-refractivity contribution in [1.29, 1.82) is 0 Å². The van der Waals surface area contributed by atoms with E-state index in [1.807, 2.05) is 54.6 Å². The quantitative estimate of drug-likeness (QED) is 0.303. The van der Waals surface area contributed by atoms with Crippen molar-refractivity contribution >= 4 is 46.4 Å². The molecule has 5 heterocycles. The second kappa shape index (κ2) is 12.8. The highest BCUT2D eigenvalue weighted by atomic mass is 16.5. The molecule has 6 aliphatic rings. The molecule has 264 valence electrons. The van der Waals surface area contributed by atoms with Crippen molar-refractivity contribution in [2.24, 2.45) is 29.6 Å². The van der Waals surface area contributed by atoms with Crippen LogP contribution >= 0.6 is 0 Å². The number of aliphatic hydroxyl groups excluding tert-OH is 1. The van der Waals surface area contributed by atoms with Gasteiger partial charge in [0.25, 0.3) is 0 Å². The first-order chi connectivity index (χ1) is 24.9. The summed E-state index contributed by atoms with van der Waals surface area (Å²) in [6.07, 6.45) is 2.62. The zero-order valence-corrected chi connectivity index (χ0v) is 28.2. The van der Waals surface area contributed by atoms with Gasteiger partial charge in [0.1, 0.15) is 18.1 Å². The number of ether oxygens (including phenoxy) is 2. The normalized spacial score (nSPS) is 29.3. The minimum atomic E-state index is -0.746. The van der Waals surface area contributed by atoms with Gasteiger partial charge >= 0.3 is 0 Å². The van der Waals surface area contributed by atoms with Crippen LogP contribution < -0.4 is 19.6 Å². The molecule has 3 aromatic rings. The van der Waals surface area contributed by atoms with Gasteiger partial charge in [0.05, 0.1) is 67.4 Å². The molecular weight excluding hydrogens is 652 g/mol. The molecule has 0 spiro atoms. The Bertz CT molecular complexity index is 1890. The van der Waals surface area contributed by atoms with Gasteiger partial charge in [0.15, 0.2) is 0 Å². The van der Waals surface area contributed by atoms with Gasteiger partial charge in [0, 0.05) is 37.6 Å². The van der Waals surface area contributed by atoms with Gasteiger partial charge in [-0.1, -0.05) is 11.6 Å². The standard InChI is InChI=1S/C39H40N4O8/c44-22-27-9-12-32(51-27)34-28-10-11-29-33(38(47)42(36(29)45)25-5-1-23(2-6-25)40-13-17-49-18-14-40)30(28)21-31-35(34)39(48)43(37(31)46)26-7-3-24(4-8-26)41-15-19-50-20-16-41/h1-10,12,29-31,33-35,44H,11,13-22H2/t29-,30+,31+,33-,34+,35+/m0/s1. The zero-order valence-electron chi connectivity index (χ0n) is 28.2. The maximum absolute atomic E-state index is 14.4. The Kier molecular flexibility index (Phi) is 8.05. The van der Waals surface area contributed by atoms with Crippen molar-refractivity contribution in [3.8, 4) is 0 Å². The van der Waals surface area contributed by atoms with Gasteiger partial charge in [-0.25, -0.2) is 0 Å². The molecule has 1 saturated carbocycles. The summed E-state index contributed by atoms with van der Waals surface area (Å²) < 4.78 is 17.0. The second-order valence-electron chi connectivity index (χ2n) is 14.2. The number of carbonyl (C=O) groups excluding carboxylic acids is 4. The van der Waals surface area contributed by atoms with Crippen LogP contribution in [0.4, 0.5) is 22.7 Å². The van der Waals surface area contributed by atoms with Gasteiger partial charge in [-0.15, -0.1) is 0 Å². The van der Waals surface area contributed by atoms with E-state index in [-0.39, 0.29) is 36.7 Å². The number of furan rings is 1. The van der Waals surface area contributed by atoms with Crippen LogP contribution in [0.15, 0.2) is 76.7 Å². The lowest BCUT2D eigenvalue weighted by Crippen LogP contribution is -2.43. The van der Waals surface area contributed by atoms with Crippen molar-refractivity contribution in [3.05, 3.63) is 83.8 Å². The van der Waals surface area contributed by atoms with Crippen molar-refractivity contribution in [3.63, 3.8) is 0 Å². The maximum Gasteiger partial charge on any atom is 0.238 e. The molecule has 2 aromatic carbocycles. The number of aliphatic hydroxyl groups is 1. The third-order valence-electron chi connectivity index (χ3n) is 11.8. The number of carbonyl (C=O) groups is 4. The van der Waals surface area contributed by atoms with E-state index in [4.69, 9.17) is 13.9 Å². The van der Waals surface area contributed by atoms with Crippen LogP contribution in [-0.2, 0) is 35.3 Å². The molecule has 0 unspecified atom stereocenters. The van der Waals surface area contributed by atoms with Gasteiger partial charge in [-0.2, -0.15) is 0 Å². The second-order valence-corrected chi connectivity index (χ2v) is 14.2. The summed E-state index contributed by atoms with van der Waals surface area (Å²) in [4.78, 5) is 64.2. The highest BCUT2D eigenvalue weighted by molar-refractivity contribution is 6.24. The Morgan fingerprint density at radius 3 is 1.63 bits per heavy atom. The number of imide groups is 2. The molecule has 4 saturated heterocycles. The number of hydrogen-bond acceptors (Lipinski definition) is 10. The summed E-state index contributed by atoms with van der Waals surface area (Å²) in [6, 6.07) is 18.4. The Balaban J connectivity index is 1.04. The highest BCUT2D eigenvalue weighted by Crippen LogP contribution is 2.58. The summed E-state index contributed by atoms with van der Waals surface area (Å²) >= 11 is 0. The fraction of sp³-hybridized carbons (Fsp3) is 0.436. The molecule has 9 rings (SSSR count). The van der Waals surface area contributed by atoms with Crippen molar-refractivity contribution in [2.45, 2.75) is 25.4 Å². The van der Waals surface area contributed by atoms with E-state index in [9.17, 15) is 24.3 Å². The largest absolute Gasteiger partial charge is 0.463 e. The fourth-order valence-electron chi connectivity index (χ4n) is 9.33. The molecule has 0 radical (unpaired) electrons. The molecule has 2 aliphatic carbocycles. The Labute approximate surface area is 295 Å². The van der Waals surface area contributed by atoms with E-state index in [0.717, 1.165) is 43.1 Å². The summed E-state index contributed by atoms with van der Waals surface area (Å²) in [6.45, 7) is 5.37. The topological polar surface area (TPSA) is 133 Å². The van der Waals surface area contributed by atoms with E-state index in [1.165, 1.54) is 9.80 Å². The molecule has 4 aliphatic heterocycles. The monoisotopic (exact) mass is 692 g/mol. The van der Waals surface area contributed by atoms with Gasteiger partial charge in [-0.3, -0.25) is 29.0 Å². The summed E-state index contributed by atoms with van der Waals surface area (Å²) in [5.74, 6) is -4.07. The molecule has 1 N–H and O–H groups in total. The SMILES string of the molecule is O=C1[C@H]2[C@H](CC=C3[C@H]2C[C@H]2C(=O)N(c4ccc(N5CCOCC5)cc4)C(=O)[C@H]2[C@H]3c2ccc(CO)o2)C(=O)N1c1ccc(N2CCOCC2)cc1. The van der Waals surface area contributed by atoms with Crippen LogP contribution in [0.5, 0.6) is 0 Å². The number of allylic oxidation sites excluding steroid dienone is 2. The number of amides is 4. The first-order valence-electron chi connectivity index (χ1n) is 17.9. The van der Waals surface area contributed by atoms with Gasteiger partial charge in [-0.05, 0) is 79.4 Å². The van der Waals surface area contributed by atoms with E-state index in [2.05, 4.69) is 9.80 Å². The molecule has 1 aromatic heterocycles. The number of fused-ring (bicyclic) bond motifs is 4. The zero-order chi connectivity index (χ0) is 34.8. The highest BCUT2D eigenvalue weighted by Gasteiger charge is 2.63. The van der Waals surface area contributed by atoms with Crippen LogP contribution in [-0.4, -0.2) is 81.3 Å². The average Bonchev–Trinajstić information content (AvgIpc) is 3.83. The smallest absolute Gasteiger partial charge is 0.238 e. The number of morpholine rings is 2. The summed E-state index contributed by atoms with van der Waals surface area (Å²) in [7, 11) is 0. The lowest BCUT2D eigenvalue weighted by molar-refractivity contribution is -0.126. The summed E-state index contributed by atoms with van der Waals surface area (Å²) in [5, 5.41) is 9.84. The molecular formula is C39H40N4O8. The maximum atomic E-state index is 14.4. The molecule has 4 amide bonds. The minimum absolute atomic E-state index is 0.241. The van der Waals surface area contributed by atoms with Gasteiger partial charge < -0.3 is 28.8 Å². The third-order valence-corrected chi connectivity index (χ3v) is 11.8. The first-order valence-corrected chi connectivity index (χ1v) is 17.9. The van der Waals surface area contributed by atoms with Crippen molar-refractivity contribution in [1.82, 2.24) is 0 Å². The Morgan fingerprint density at radius 1 is 0.588 bits per heavy atom. The molecule has 6 atom stereocenters. The average molecular weight is 693 g/mol. The summed E-state index contributed by atoms with van der Waals surface area (Å²) in [5.41, 5.74) is 3.89. The van der Waals surface area contributed by atoms with Crippen molar-refractivity contribution < 1.29 is 38.2 Å². The predicted molar refractivity (Wildman–Crippen MR) is 186 cm³/mol. The van der Waals surface area contributed by atoms with Crippen LogP contribution in [0.1, 0.15) is 30.3 Å². The van der Waals surface area contributed by atoms with Crippen LogP contribution in [0.2, 0.25) is 0 Å². The van der Waals surface area contributed by atoms with Crippen LogP contribution in [0.3, 0.4) is 0 Å². The number of hydrogen-bond donors (Lipinski definition) is 1. The van der Waals surface area contributed by atoms with Gasteiger partial charge in [0.2, 0.25) is 23.6 Å². The van der Waals surface area contributed by atoms with E-state index in [1.54, 1.807) is 12.1 Å². The third kappa shape index (κ3) is 5.22. The Hall–Kier alpha value is -4.78. The number of benzene rings is 2. The molecule has 12 heteroatoms. The Morgan fingerprint density at radius 2 is 1.10 bits per heavy atom. The fourth-order valence-corrected chi connectivity index (χ4v) is 9.33. The molecule has 5 fully saturated rings. The lowest BCUT2D eigenvalue weighted by Gasteiger charge is -2.43. The first kappa shape index (κ1) is 32.1. The number of rotatable bonds is 6.